The lowest BCUT2D eigenvalue weighted by Crippen LogP contribution is -2.50. The first-order valence-electron chi connectivity index (χ1n) is 15.4. The van der Waals surface area contributed by atoms with E-state index in [2.05, 4.69) is 16.0 Å². The smallest absolute Gasteiger partial charge is 0.255 e. The molecule has 238 valence electrons. The minimum absolute atomic E-state index is 0.0159. The molecule has 0 aromatic heterocycles. The molecule has 10 heteroatoms. The summed E-state index contributed by atoms with van der Waals surface area (Å²) >= 11 is 0. The van der Waals surface area contributed by atoms with E-state index in [0.717, 1.165) is 31.2 Å². The number of carbonyl (C=O) groups is 4. The fourth-order valence-corrected chi connectivity index (χ4v) is 5.15. The number of halogens is 1. The van der Waals surface area contributed by atoms with Gasteiger partial charge in [-0.3, -0.25) is 19.2 Å². The quantitative estimate of drug-likeness (QED) is 0.398. The number of benzene rings is 3. The summed E-state index contributed by atoms with van der Waals surface area (Å²) in [7, 11) is 1.74. The van der Waals surface area contributed by atoms with Crippen molar-refractivity contribution < 1.29 is 28.3 Å². The van der Waals surface area contributed by atoms with E-state index < -0.39 is 29.8 Å². The summed E-state index contributed by atoms with van der Waals surface area (Å²) in [5.41, 5.74) is 1.87. The maximum absolute atomic E-state index is 13.5. The Balaban J connectivity index is 1.54. The lowest BCUT2D eigenvalue weighted by Gasteiger charge is -2.25. The largest absolute Gasteiger partial charge is 0.493 e. The van der Waals surface area contributed by atoms with Gasteiger partial charge in [0.1, 0.15) is 23.7 Å². The second-order valence-electron chi connectivity index (χ2n) is 11.2. The van der Waals surface area contributed by atoms with Crippen LogP contribution in [0.3, 0.4) is 0 Å². The summed E-state index contributed by atoms with van der Waals surface area (Å²) in [6.45, 7) is 1.08. The van der Waals surface area contributed by atoms with Gasteiger partial charge in [-0.15, -0.1) is 0 Å². The van der Waals surface area contributed by atoms with E-state index in [4.69, 9.17) is 4.74 Å². The fraction of sp³-hybridized carbons (Fsp3) is 0.371. The van der Waals surface area contributed by atoms with Gasteiger partial charge < -0.3 is 25.6 Å². The molecule has 1 heterocycles. The first-order chi connectivity index (χ1) is 21.8. The van der Waals surface area contributed by atoms with E-state index >= 15 is 0 Å². The van der Waals surface area contributed by atoms with Crippen molar-refractivity contribution in [2.45, 2.75) is 63.6 Å². The second-order valence-corrected chi connectivity index (χ2v) is 11.2. The number of hydrogen-bond donors (Lipinski definition) is 3. The van der Waals surface area contributed by atoms with E-state index in [-0.39, 0.29) is 36.7 Å². The minimum Gasteiger partial charge on any atom is -0.493 e. The molecular weight excluding hydrogens is 575 g/mol. The highest BCUT2D eigenvalue weighted by atomic mass is 19.1. The lowest BCUT2D eigenvalue weighted by molar-refractivity contribution is -0.135. The fourth-order valence-electron chi connectivity index (χ4n) is 5.15. The topological polar surface area (TPSA) is 117 Å². The number of nitrogens with one attached hydrogen (secondary N) is 3. The Morgan fingerprint density at radius 1 is 0.889 bits per heavy atom. The van der Waals surface area contributed by atoms with Crippen molar-refractivity contribution in [2.75, 3.05) is 20.2 Å². The second kappa shape index (κ2) is 16.9. The number of likely N-dealkylation sites (N-methyl/N-ethyl adjacent to an activating group) is 1. The normalized spacial score (nSPS) is 19.1. The molecular formula is C35H41FN4O5. The summed E-state index contributed by atoms with van der Waals surface area (Å²) in [6.07, 6.45) is 3.55. The predicted molar refractivity (Wildman–Crippen MR) is 169 cm³/mol. The SMILES string of the molecule is CN1CCCCCCOc2ccccc2C(=O)N[C@H](C(=O)NCc2ccc(F)cc2)CCC(=O)N[C@@H](Cc2ccccc2)C1=O. The number of fused-ring (bicyclic) bond motifs is 1. The van der Waals surface area contributed by atoms with Crippen LogP contribution in [0.25, 0.3) is 0 Å². The summed E-state index contributed by atoms with van der Waals surface area (Å²) in [5, 5.41) is 8.43. The highest BCUT2D eigenvalue weighted by molar-refractivity contribution is 5.99. The highest BCUT2D eigenvalue weighted by Crippen LogP contribution is 2.19. The van der Waals surface area contributed by atoms with Crippen molar-refractivity contribution in [3.8, 4) is 5.75 Å². The van der Waals surface area contributed by atoms with Crippen molar-refractivity contribution in [3.63, 3.8) is 0 Å². The number of amides is 4. The molecule has 0 saturated carbocycles. The predicted octanol–water partition coefficient (Wildman–Crippen LogP) is 4.16. The molecule has 4 amide bonds. The van der Waals surface area contributed by atoms with Crippen LogP contribution < -0.4 is 20.7 Å². The van der Waals surface area contributed by atoms with Gasteiger partial charge in [0, 0.05) is 33.0 Å². The van der Waals surface area contributed by atoms with Crippen LogP contribution in [0.2, 0.25) is 0 Å². The third-order valence-corrected chi connectivity index (χ3v) is 7.73. The van der Waals surface area contributed by atoms with E-state index in [0.29, 0.717) is 30.9 Å². The molecule has 0 aliphatic carbocycles. The van der Waals surface area contributed by atoms with E-state index in [1.807, 2.05) is 30.3 Å². The van der Waals surface area contributed by atoms with Crippen LogP contribution in [0.4, 0.5) is 4.39 Å². The standard InChI is InChI=1S/C35H41FN4O5/c1-40-21-9-2-3-10-22-45-31-14-8-7-13-28(31)33(42)39-29(34(43)37-24-26-15-17-27(36)18-16-26)19-20-32(41)38-30(35(40)44)23-25-11-5-4-6-12-25/h4-8,11-18,29-30H,2-3,9-10,19-24H2,1H3,(H,37,43)(H,38,41)(H,39,42)/t29-,30-/m0/s1. The summed E-state index contributed by atoms with van der Waals surface area (Å²) in [6, 6.07) is 20.2. The summed E-state index contributed by atoms with van der Waals surface area (Å²) in [5.74, 6) is -1.59. The van der Waals surface area contributed by atoms with Gasteiger partial charge in [0.15, 0.2) is 0 Å². The lowest BCUT2D eigenvalue weighted by atomic mass is 10.0. The molecule has 1 aliphatic heterocycles. The Morgan fingerprint density at radius 3 is 2.38 bits per heavy atom. The molecule has 0 unspecified atom stereocenters. The van der Waals surface area contributed by atoms with Crippen LogP contribution in [0.1, 0.15) is 60.0 Å². The Bertz CT molecular complexity index is 1430. The number of rotatable bonds is 5. The zero-order valence-corrected chi connectivity index (χ0v) is 25.6. The third-order valence-electron chi connectivity index (χ3n) is 7.73. The van der Waals surface area contributed by atoms with Crippen molar-refractivity contribution in [2.24, 2.45) is 0 Å². The molecule has 0 fully saturated rings. The van der Waals surface area contributed by atoms with Crippen LogP contribution in [-0.4, -0.2) is 60.8 Å². The van der Waals surface area contributed by atoms with Gasteiger partial charge in [-0.1, -0.05) is 67.4 Å². The van der Waals surface area contributed by atoms with Crippen LogP contribution in [-0.2, 0) is 27.3 Å². The van der Waals surface area contributed by atoms with Crippen LogP contribution in [0.5, 0.6) is 5.75 Å². The van der Waals surface area contributed by atoms with Crippen LogP contribution >= 0.6 is 0 Å². The molecule has 45 heavy (non-hydrogen) atoms. The number of nitrogens with zero attached hydrogens (tertiary/aromatic N) is 1. The number of hydrogen-bond acceptors (Lipinski definition) is 5. The van der Waals surface area contributed by atoms with E-state index in [1.54, 1.807) is 48.3 Å². The molecule has 1 aliphatic rings. The van der Waals surface area contributed by atoms with E-state index in [9.17, 15) is 23.6 Å². The van der Waals surface area contributed by atoms with Gasteiger partial charge in [-0.05, 0) is 54.7 Å². The number of carbonyl (C=O) groups excluding carboxylic acids is 4. The first-order valence-corrected chi connectivity index (χ1v) is 15.4. The maximum atomic E-state index is 13.5. The van der Waals surface area contributed by atoms with Gasteiger partial charge in [-0.2, -0.15) is 0 Å². The number of ether oxygens (including phenoxy) is 1. The molecule has 0 bridgehead atoms. The molecule has 3 aromatic carbocycles. The van der Waals surface area contributed by atoms with Gasteiger partial charge >= 0.3 is 0 Å². The van der Waals surface area contributed by atoms with Crippen molar-refractivity contribution in [1.82, 2.24) is 20.9 Å². The van der Waals surface area contributed by atoms with Gasteiger partial charge in [0.25, 0.3) is 5.91 Å². The van der Waals surface area contributed by atoms with Crippen molar-refractivity contribution >= 4 is 23.6 Å². The Kier molecular flexibility index (Phi) is 12.5. The molecule has 9 nitrogen and oxygen atoms in total. The summed E-state index contributed by atoms with van der Waals surface area (Å²) < 4.78 is 19.3. The van der Waals surface area contributed by atoms with Crippen molar-refractivity contribution in [1.29, 1.82) is 0 Å². The van der Waals surface area contributed by atoms with Gasteiger partial charge in [0.05, 0.1) is 12.2 Å². The molecule has 3 aromatic rings. The van der Waals surface area contributed by atoms with Gasteiger partial charge in [0.2, 0.25) is 17.7 Å². The third kappa shape index (κ3) is 10.4. The zero-order valence-electron chi connectivity index (χ0n) is 25.6. The maximum Gasteiger partial charge on any atom is 0.255 e. The molecule has 3 N–H and O–H groups in total. The molecule has 0 radical (unpaired) electrons. The Morgan fingerprint density at radius 2 is 1.60 bits per heavy atom. The molecule has 2 atom stereocenters. The molecule has 0 spiro atoms. The van der Waals surface area contributed by atoms with Gasteiger partial charge in [-0.25, -0.2) is 4.39 Å². The first kappa shape index (κ1) is 33.2. The highest BCUT2D eigenvalue weighted by Gasteiger charge is 2.27. The molecule has 0 saturated heterocycles. The zero-order chi connectivity index (χ0) is 32.0. The molecule has 4 rings (SSSR count). The van der Waals surface area contributed by atoms with Crippen LogP contribution in [0.15, 0.2) is 78.9 Å². The Labute approximate surface area is 263 Å². The monoisotopic (exact) mass is 616 g/mol. The average Bonchev–Trinajstić information content (AvgIpc) is 3.05. The Hall–Kier alpha value is -4.73. The summed E-state index contributed by atoms with van der Waals surface area (Å²) in [4.78, 5) is 55.1. The number of para-hydroxylation sites is 1. The van der Waals surface area contributed by atoms with Crippen LogP contribution in [0, 0.1) is 5.82 Å². The average molecular weight is 617 g/mol. The van der Waals surface area contributed by atoms with E-state index in [1.165, 1.54) is 12.1 Å². The van der Waals surface area contributed by atoms with Crippen molar-refractivity contribution in [3.05, 3.63) is 101 Å². The minimum atomic E-state index is -1.07.